The molecule has 0 bridgehead atoms. The molecule has 2 N–H and O–H groups in total. The standard InChI is InChI=1S/C16H25N3O2/c1-14(2,3)19-12-10-13(21-16(12,6)7)18-11(8-9-17)15(4,5)20/h8,10,18,20H,1-7H3. The van der Waals surface area contributed by atoms with E-state index in [0.29, 0.717) is 11.6 Å². The van der Waals surface area contributed by atoms with E-state index < -0.39 is 11.2 Å². The Morgan fingerprint density at radius 3 is 2.38 bits per heavy atom. The van der Waals surface area contributed by atoms with Crippen molar-refractivity contribution in [3.8, 4) is 6.07 Å². The highest BCUT2D eigenvalue weighted by Crippen LogP contribution is 2.27. The van der Waals surface area contributed by atoms with E-state index in [1.807, 2.05) is 46.8 Å². The first-order valence-corrected chi connectivity index (χ1v) is 6.96. The lowest BCUT2D eigenvalue weighted by Gasteiger charge is -2.26. The lowest BCUT2D eigenvalue weighted by molar-refractivity contribution is 0.0802. The summed E-state index contributed by atoms with van der Waals surface area (Å²) in [6.45, 7) is 13.1. The van der Waals surface area contributed by atoms with E-state index in [1.165, 1.54) is 6.08 Å². The third kappa shape index (κ3) is 4.91. The lowest BCUT2D eigenvalue weighted by Crippen LogP contribution is -2.34. The number of nitrogens with zero attached hydrogens (tertiary/aromatic N) is 2. The largest absolute Gasteiger partial charge is 0.466 e. The van der Waals surface area contributed by atoms with E-state index in [2.05, 4.69) is 10.3 Å². The van der Waals surface area contributed by atoms with Crippen LogP contribution in [0, 0.1) is 11.3 Å². The van der Waals surface area contributed by atoms with Gasteiger partial charge in [-0.3, -0.25) is 4.99 Å². The Kier molecular flexibility index (Phi) is 4.54. The van der Waals surface area contributed by atoms with Crippen LogP contribution in [0.3, 0.4) is 0 Å². The first kappa shape index (κ1) is 17.3. The molecule has 0 atom stereocenters. The van der Waals surface area contributed by atoms with Gasteiger partial charge in [0.2, 0.25) is 0 Å². The van der Waals surface area contributed by atoms with Gasteiger partial charge in [0.15, 0.2) is 5.88 Å². The van der Waals surface area contributed by atoms with E-state index >= 15 is 0 Å². The number of nitrogens with one attached hydrogen (secondary N) is 1. The van der Waals surface area contributed by atoms with Gasteiger partial charge in [-0.2, -0.15) is 5.26 Å². The Bertz CT molecular complexity index is 535. The molecule has 0 fully saturated rings. The average Bonchev–Trinajstić information content (AvgIpc) is 2.49. The molecule has 0 saturated carbocycles. The maximum atomic E-state index is 10.1. The van der Waals surface area contributed by atoms with Crippen molar-refractivity contribution in [2.24, 2.45) is 4.99 Å². The topological polar surface area (TPSA) is 77.6 Å². The predicted molar refractivity (Wildman–Crippen MR) is 83.6 cm³/mol. The Balaban J connectivity index is 3.07. The van der Waals surface area contributed by atoms with Crippen molar-refractivity contribution in [2.45, 2.75) is 65.2 Å². The lowest BCUT2D eigenvalue weighted by atomic mass is 10.0. The Hall–Kier alpha value is -1.80. The number of ether oxygens (including phenoxy) is 1. The van der Waals surface area contributed by atoms with Crippen LogP contribution in [-0.2, 0) is 4.74 Å². The van der Waals surface area contributed by atoms with Gasteiger partial charge < -0.3 is 15.2 Å². The van der Waals surface area contributed by atoms with E-state index in [9.17, 15) is 5.11 Å². The van der Waals surface area contributed by atoms with Gasteiger partial charge in [-0.1, -0.05) is 0 Å². The molecular formula is C16H25N3O2. The molecule has 0 radical (unpaired) electrons. The van der Waals surface area contributed by atoms with Crippen LogP contribution in [0.1, 0.15) is 48.5 Å². The Morgan fingerprint density at radius 2 is 1.95 bits per heavy atom. The molecule has 1 rings (SSSR count). The predicted octanol–water partition coefficient (Wildman–Crippen LogP) is 2.64. The van der Waals surface area contributed by atoms with Gasteiger partial charge in [0.1, 0.15) is 5.60 Å². The summed E-state index contributed by atoms with van der Waals surface area (Å²) >= 11 is 0. The van der Waals surface area contributed by atoms with E-state index in [4.69, 9.17) is 10.00 Å². The van der Waals surface area contributed by atoms with Crippen LogP contribution < -0.4 is 5.32 Å². The van der Waals surface area contributed by atoms with Crippen molar-refractivity contribution in [1.29, 1.82) is 5.26 Å². The molecule has 1 aliphatic heterocycles. The van der Waals surface area contributed by atoms with Gasteiger partial charge in [0.05, 0.1) is 28.6 Å². The molecule has 0 saturated heterocycles. The summed E-state index contributed by atoms with van der Waals surface area (Å²) in [5.41, 5.74) is -0.710. The van der Waals surface area contributed by atoms with E-state index in [-0.39, 0.29) is 5.54 Å². The first-order valence-electron chi connectivity index (χ1n) is 6.96. The summed E-state index contributed by atoms with van der Waals surface area (Å²) in [4.78, 5) is 4.66. The highest BCUT2D eigenvalue weighted by atomic mass is 16.5. The van der Waals surface area contributed by atoms with Gasteiger partial charge >= 0.3 is 0 Å². The van der Waals surface area contributed by atoms with Crippen molar-refractivity contribution in [1.82, 2.24) is 5.32 Å². The highest BCUT2D eigenvalue weighted by Gasteiger charge is 2.35. The maximum Gasteiger partial charge on any atom is 0.194 e. The summed E-state index contributed by atoms with van der Waals surface area (Å²) in [7, 11) is 0. The van der Waals surface area contributed by atoms with Crippen molar-refractivity contribution in [2.75, 3.05) is 0 Å². The van der Waals surface area contributed by atoms with Crippen LogP contribution >= 0.6 is 0 Å². The van der Waals surface area contributed by atoms with Gasteiger partial charge in [-0.05, 0) is 48.5 Å². The quantitative estimate of drug-likeness (QED) is 0.784. The minimum absolute atomic E-state index is 0.205. The fourth-order valence-corrected chi connectivity index (χ4v) is 1.81. The third-order valence-electron chi connectivity index (χ3n) is 2.83. The van der Waals surface area contributed by atoms with Crippen LogP contribution in [0.5, 0.6) is 0 Å². The molecule has 0 aromatic heterocycles. The van der Waals surface area contributed by atoms with Crippen LogP contribution in [-0.4, -0.2) is 27.6 Å². The maximum absolute atomic E-state index is 10.1. The number of aliphatic hydroxyl groups is 1. The molecule has 5 heteroatoms. The number of hydrogen-bond donors (Lipinski definition) is 2. The molecule has 5 nitrogen and oxygen atoms in total. The summed E-state index contributed by atoms with van der Waals surface area (Å²) in [5.74, 6) is 0.478. The highest BCUT2D eigenvalue weighted by molar-refractivity contribution is 6.03. The van der Waals surface area contributed by atoms with Gasteiger partial charge in [0, 0.05) is 12.2 Å². The number of hydrogen-bond acceptors (Lipinski definition) is 5. The average molecular weight is 291 g/mol. The van der Waals surface area contributed by atoms with Crippen molar-refractivity contribution < 1.29 is 9.84 Å². The minimum Gasteiger partial charge on any atom is -0.466 e. The zero-order chi connectivity index (χ0) is 16.5. The Morgan fingerprint density at radius 1 is 1.38 bits per heavy atom. The molecule has 0 aromatic rings. The van der Waals surface area contributed by atoms with Crippen molar-refractivity contribution in [3.63, 3.8) is 0 Å². The number of allylic oxidation sites excluding steroid dienone is 1. The molecule has 0 spiro atoms. The molecule has 1 heterocycles. The van der Waals surface area contributed by atoms with E-state index in [1.54, 1.807) is 13.8 Å². The fraction of sp³-hybridized carbons (Fsp3) is 0.625. The summed E-state index contributed by atoms with van der Waals surface area (Å²) in [6, 6.07) is 1.92. The molecule has 0 amide bonds. The number of rotatable bonds is 3. The zero-order valence-corrected chi connectivity index (χ0v) is 13.9. The smallest absolute Gasteiger partial charge is 0.194 e. The molecule has 21 heavy (non-hydrogen) atoms. The zero-order valence-electron chi connectivity index (χ0n) is 13.9. The number of nitriles is 1. The summed E-state index contributed by atoms with van der Waals surface area (Å²) in [6.07, 6.45) is 3.08. The molecular weight excluding hydrogens is 266 g/mol. The summed E-state index contributed by atoms with van der Waals surface area (Å²) < 4.78 is 5.84. The van der Waals surface area contributed by atoms with Crippen LogP contribution in [0.25, 0.3) is 0 Å². The number of aliphatic imine (C=N–C) groups is 1. The molecule has 0 unspecified atom stereocenters. The second-order valence-electron chi connectivity index (χ2n) is 7.16. The van der Waals surface area contributed by atoms with E-state index in [0.717, 1.165) is 5.71 Å². The van der Waals surface area contributed by atoms with Gasteiger partial charge in [-0.25, -0.2) is 0 Å². The van der Waals surface area contributed by atoms with Crippen LogP contribution in [0.15, 0.2) is 28.7 Å². The third-order valence-corrected chi connectivity index (χ3v) is 2.83. The molecule has 116 valence electrons. The van der Waals surface area contributed by atoms with Crippen LogP contribution in [0.2, 0.25) is 0 Å². The van der Waals surface area contributed by atoms with Crippen molar-refractivity contribution >= 4 is 5.71 Å². The second-order valence-corrected chi connectivity index (χ2v) is 7.16. The second kappa shape index (κ2) is 5.53. The SMILES string of the molecule is CC(C)(C)N=C1C=C(NC(=CC#N)C(C)(C)O)OC1(C)C. The minimum atomic E-state index is -1.16. The first-order chi connectivity index (χ1) is 9.35. The van der Waals surface area contributed by atoms with Gasteiger partial charge in [0.25, 0.3) is 0 Å². The molecule has 0 aromatic carbocycles. The molecule has 0 aliphatic carbocycles. The summed E-state index contributed by atoms with van der Waals surface area (Å²) in [5, 5.41) is 21.9. The fourth-order valence-electron chi connectivity index (χ4n) is 1.81. The monoisotopic (exact) mass is 291 g/mol. The Labute approximate surface area is 127 Å². The molecule has 1 aliphatic rings. The normalized spacial score (nSPS) is 20.8. The van der Waals surface area contributed by atoms with Gasteiger partial charge in [-0.15, -0.1) is 0 Å². The van der Waals surface area contributed by atoms with Crippen LogP contribution in [0.4, 0.5) is 0 Å². The van der Waals surface area contributed by atoms with Crippen molar-refractivity contribution in [3.05, 3.63) is 23.7 Å².